The highest BCUT2D eigenvalue weighted by molar-refractivity contribution is 14.0. The van der Waals surface area contributed by atoms with Crippen LogP contribution in [0.2, 0.25) is 0 Å². The number of methoxy groups -OCH3 is 1. The summed E-state index contributed by atoms with van der Waals surface area (Å²) in [6.45, 7) is 1.31. The maximum Gasteiger partial charge on any atom is 0.191 e. The highest BCUT2D eigenvalue weighted by Crippen LogP contribution is 2.44. The summed E-state index contributed by atoms with van der Waals surface area (Å²) in [5.41, 5.74) is 0. The van der Waals surface area contributed by atoms with Crippen LogP contribution in [-0.4, -0.2) is 47.0 Å². The molecule has 1 aromatic heterocycles. The third-order valence-electron chi connectivity index (χ3n) is 6.16. The lowest BCUT2D eigenvalue weighted by Gasteiger charge is -2.26. The second-order valence-corrected chi connectivity index (χ2v) is 8.06. The lowest BCUT2D eigenvalue weighted by atomic mass is 9.85. The third-order valence-corrected chi connectivity index (χ3v) is 6.16. The van der Waals surface area contributed by atoms with Crippen LogP contribution in [0.15, 0.2) is 4.99 Å². The predicted octanol–water partition coefficient (Wildman–Crippen LogP) is 2.49. The Kier molecular flexibility index (Phi) is 7.35. The Morgan fingerprint density at radius 3 is 2.78 bits per heavy atom. The average molecular weight is 488 g/mol. The van der Waals surface area contributed by atoms with E-state index >= 15 is 0 Å². The number of nitrogens with one attached hydrogen (secondary N) is 2. The number of aliphatic imine (C=N–C) groups is 1. The molecule has 2 fully saturated rings. The van der Waals surface area contributed by atoms with Crippen molar-refractivity contribution in [1.82, 2.24) is 25.4 Å². The van der Waals surface area contributed by atoms with E-state index in [9.17, 15) is 0 Å². The molecule has 0 bridgehead atoms. The number of hydrogen-bond acceptors (Lipinski definition) is 4. The van der Waals surface area contributed by atoms with Gasteiger partial charge in [0.2, 0.25) is 0 Å². The van der Waals surface area contributed by atoms with Crippen LogP contribution in [0, 0.1) is 11.8 Å². The van der Waals surface area contributed by atoms with E-state index in [1.807, 2.05) is 11.7 Å². The van der Waals surface area contributed by atoms with Crippen molar-refractivity contribution in [1.29, 1.82) is 0 Å². The number of hydrogen-bond donors (Lipinski definition) is 2. The Bertz CT molecular complexity index is 642. The van der Waals surface area contributed by atoms with Crippen molar-refractivity contribution >= 4 is 29.9 Å². The van der Waals surface area contributed by atoms with Crippen molar-refractivity contribution in [3.63, 3.8) is 0 Å². The van der Waals surface area contributed by atoms with E-state index in [4.69, 9.17) is 4.74 Å². The molecule has 8 heteroatoms. The molecule has 27 heavy (non-hydrogen) atoms. The van der Waals surface area contributed by atoms with Crippen molar-refractivity contribution < 1.29 is 4.74 Å². The molecule has 0 aromatic carbocycles. The highest BCUT2D eigenvalue weighted by Gasteiger charge is 2.43. The van der Waals surface area contributed by atoms with Crippen LogP contribution in [0.5, 0.6) is 0 Å². The fourth-order valence-corrected chi connectivity index (χ4v) is 4.67. The SMILES string of the molecule is CN=C(NC1CCc2nc(COC)nn2C1)NC1CC1C1CCCCC1.I. The average Bonchev–Trinajstić information content (AvgIpc) is 3.32. The van der Waals surface area contributed by atoms with Gasteiger partial charge in [0, 0.05) is 32.7 Å². The maximum atomic E-state index is 5.14. The number of ether oxygens (including phenoxy) is 1. The maximum absolute atomic E-state index is 5.14. The summed E-state index contributed by atoms with van der Waals surface area (Å²) in [6, 6.07) is 0.959. The first-order valence-electron chi connectivity index (χ1n) is 10.2. The van der Waals surface area contributed by atoms with Crippen molar-refractivity contribution in [3.05, 3.63) is 11.6 Å². The highest BCUT2D eigenvalue weighted by atomic mass is 127. The topological polar surface area (TPSA) is 76.4 Å². The van der Waals surface area contributed by atoms with Crippen LogP contribution >= 0.6 is 24.0 Å². The van der Waals surface area contributed by atoms with Crippen LogP contribution in [0.1, 0.15) is 56.6 Å². The van der Waals surface area contributed by atoms with Crippen LogP contribution in [0.25, 0.3) is 0 Å². The zero-order chi connectivity index (χ0) is 17.9. The molecule has 4 rings (SSSR count). The minimum absolute atomic E-state index is 0. The predicted molar refractivity (Wildman–Crippen MR) is 116 cm³/mol. The van der Waals surface area contributed by atoms with Crippen LogP contribution in [-0.2, 0) is 24.3 Å². The fourth-order valence-electron chi connectivity index (χ4n) is 4.67. The Morgan fingerprint density at radius 1 is 1.22 bits per heavy atom. The van der Waals surface area contributed by atoms with Crippen molar-refractivity contribution in [2.24, 2.45) is 16.8 Å². The van der Waals surface area contributed by atoms with Gasteiger partial charge in [-0.3, -0.25) is 4.99 Å². The van der Waals surface area contributed by atoms with E-state index in [1.165, 1.54) is 38.5 Å². The quantitative estimate of drug-likeness (QED) is 0.379. The first kappa shape index (κ1) is 20.8. The summed E-state index contributed by atoms with van der Waals surface area (Å²) in [5, 5.41) is 11.8. The van der Waals surface area contributed by atoms with Gasteiger partial charge in [0.25, 0.3) is 0 Å². The summed E-state index contributed by atoms with van der Waals surface area (Å²) in [4.78, 5) is 9.01. The number of halogens is 1. The van der Waals surface area contributed by atoms with Crippen LogP contribution < -0.4 is 10.6 Å². The molecule has 3 aliphatic rings. The molecule has 3 unspecified atom stereocenters. The number of aromatic nitrogens is 3. The summed E-state index contributed by atoms with van der Waals surface area (Å²) >= 11 is 0. The molecule has 152 valence electrons. The van der Waals surface area contributed by atoms with Gasteiger partial charge in [-0.15, -0.1) is 24.0 Å². The van der Waals surface area contributed by atoms with Crippen LogP contribution in [0.3, 0.4) is 0 Å². The summed E-state index contributed by atoms with van der Waals surface area (Å²) in [5.74, 6) is 4.58. The number of aryl methyl sites for hydroxylation is 1. The number of fused-ring (bicyclic) bond motifs is 1. The largest absolute Gasteiger partial charge is 0.377 e. The fraction of sp³-hybridized carbons (Fsp3) is 0.842. The minimum atomic E-state index is 0. The van der Waals surface area contributed by atoms with Gasteiger partial charge in [-0.2, -0.15) is 5.10 Å². The summed E-state index contributed by atoms with van der Waals surface area (Å²) < 4.78 is 7.16. The first-order chi connectivity index (χ1) is 12.8. The summed E-state index contributed by atoms with van der Waals surface area (Å²) in [6.07, 6.45) is 10.4. The van der Waals surface area contributed by atoms with Gasteiger partial charge in [-0.25, -0.2) is 9.67 Å². The molecule has 2 aliphatic carbocycles. The van der Waals surface area contributed by atoms with Crippen molar-refractivity contribution in [3.8, 4) is 0 Å². The molecular weight excluding hydrogens is 455 g/mol. The lowest BCUT2D eigenvalue weighted by molar-refractivity contribution is 0.177. The van der Waals surface area contributed by atoms with Gasteiger partial charge in [0.05, 0.1) is 6.54 Å². The molecule has 3 atom stereocenters. The molecule has 0 amide bonds. The van der Waals surface area contributed by atoms with Gasteiger partial charge in [0.1, 0.15) is 12.4 Å². The molecular formula is C19H33IN6O. The second-order valence-electron chi connectivity index (χ2n) is 8.06. The van der Waals surface area contributed by atoms with E-state index in [1.54, 1.807) is 7.11 Å². The Hall–Kier alpha value is -0.900. The third kappa shape index (κ3) is 5.13. The molecule has 0 radical (unpaired) electrons. The van der Waals surface area contributed by atoms with Crippen molar-refractivity contribution in [2.75, 3.05) is 14.2 Å². The molecule has 2 saturated carbocycles. The Balaban J connectivity index is 0.00000210. The molecule has 1 aliphatic heterocycles. The Labute approximate surface area is 179 Å². The van der Waals surface area contributed by atoms with Gasteiger partial charge in [-0.05, 0) is 24.7 Å². The lowest BCUT2D eigenvalue weighted by Crippen LogP contribution is -2.48. The minimum Gasteiger partial charge on any atom is -0.377 e. The van der Waals surface area contributed by atoms with E-state index in [-0.39, 0.29) is 24.0 Å². The molecule has 0 saturated heterocycles. The number of nitrogens with zero attached hydrogens (tertiary/aromatic N) is 4. The number of guanidine groups is 1. The molecule has 2 heterocycles. The van der Waals surface area contributed by atoms with Gasteiger partial charge >= 0.3 is 0 Å². The van der Waals surface area contributed by atoms with Gasteiger partial charge in [-0.1, -0.05) is 32.1 Å². The van der Waals surface area contributed by atoms with Crippen LogP contribution in [0.4, 0.5) is 0 Å². The Morgan fingerprint density at radius 2 is 2.04 bits per heavy atom. The standard InChI is InChI=1S/C19H32N6O.HI/c1-20-19(22-16-10-15(16)13-6-4-3-5-7-13)21-14-8-9-18-23-17(12-26-2)24-25(18)11-14;/h13-16H,3-12H2,1-2H3,(H2,20,21,22);1H. The van der Waals surface area contributed by atoms with E-state index in [0.29, 0.717) is 18.7 Å². The van der Waals surface area contributed by atoms with E-state index < -0.39 is 0 Å². The van der Waals surface area contributed by atoms with Crippen molar-refractivity contribution in [2.45, 2.75) is 76.6 Å². The molecule has 0 spiro atoms. The second kappa shape index (κ2) is 9.54. The van der Waals surface area contributed by atoms with E-state index in [0.717, 1.165) is 48.8 Å². The number of rotatable bonds is 5. The first-order valence-corrected chi connectivity index (χ1v) is 10.2. The summed E-state index contributed by atoms with van der Waals surface area (Å²) in [7, 11) is 3.55. The van der Waals surface area contributed by atoms with Gasteiger partial charge in [0.15, 0.2) is 11.8 Å². The normalized spacial score (nSPS) is 28.2. The zero-order valence-electron chi connectivity index (χ0n) is 16.5. The molecule has 7 nitrogen and oxygen atoms in total. The molecule has 2 N–H and O–H groups in total. The van der Waals surface area contributed by atoms with E-state index in [2.05, 4.69) is 25.7 Å². The monoisotopic (exact) mass is 488 g/mol. The molecule has 1 aromatic rings. The van der Waals surface area contributed by atoms with Gasteiger partial charge < -0.3 is 15.4 Å². The smallest absolute Gasteiger partial charge is 0.191 e. The zero-order valence-corrected chi connectivity index (χ0v) is 18.8.